The van der Waals surface area contributed by atoms with E-state index in [9.17, 15) is 22.8 Å². The van der Waals surface area contributed by atoms with Gasteiger partial charge in [0, 0.05) is 11.5 Å². The molecule has 0 aromatic rings. The molecule has 17 heavy (non-hydrogen) atoms. The van der Waals surface area contributed by atoms with Gasteiger partial charge in [0.05, 0.1) is 0 Å². The van der Waals surface area contributed by atoms with Crippen LogP contribution >= 0.6 is 21.6 Å². The minimum Gasteiger partial charge on any atom is -0.480 e. The number of rotatable bonds is 7. The van der Waals surface area contributed by atoms with E-state index in [0.29, 0.717) is 5.75 Å². The highest BCUT2D eigenvalue weighted by molar-refractivity contribution is 8.76. The van der Waals surface area contributed by atoms with Crippen LogP contribution in [0.2, 0.25) is 0 Å². The monoisotopic (exact) mass is 289 g/mol. The first-order valence-corrected chi connectivity index (χ1v) is 6.73. The van der Waals surface area contributed by atoms with Gasteiger partial charge in [0.25, 0.3) is 0 Å². The van der Waals surface area contributed by atoms with Crippen molar-refractivity contribution < 1.29 is 27.9 Å². The van der Waals surface area contributed by atoms with E-state index in [2.05, 4.69) is 6.58 Å². The van der Waals surface area contributed by atoms with Crippen LogP contribution in [0.3, 0.4) is 0 Å². The molecule has 0 rings (SSSR count). The second-order valence-electron chi connectivity index (χ2n) is 2.72. The Labute approximate surface area is 103 Å². The van der Waals surface area contributed by atoms with E-state index in [0.717, 1.165) is 10.8 Å². The van der Waals surface area contributed by atoms with Gasteiger partial charge >= 0.3 is 18.1 Å². The summed E-state index contributed by atoms with van der Waals surface area (Å²) in [7, 11) is 2.29. The number of amides is 1. The molecule has 0 heterocycles. The number of nitrogens with one attached hydrogen (secondary N) is 1. The van der Waals surface area contributed by atoms with Gasteiger partial charge < -0.3 is 10.4 Å². The molecule has 0 bridgehead atoms. The van der Waals surface area contributed by atoms with Gasteiger partial charge in [-0.3, -0.25) is 4.79 Å². The van der Waals surface area contributed by atoms with E-state index in [1.807, 2.05) is 0 Å². The van der Waals surface area contributed by atoms with Crippen molar-refractivity contribution in [3.8, 4) is 0 Å². The Morgan fingerprint density at radius 1 is 1.41 bits per heavy atom. The van der Waals surface area contributed by atoms with Crippen LogP contribution in [0.15, 0.2) is 12.7 Å². The molecule has 0 aromatic heterocycles. The van der Waals surface area contributed by atoms with Crippen molar-refractivity contribution in [2.24, 2.45) is 0 Å². The van der Waals surface area contributed by atoms with Gasteiger partial charge in [0.2, 0.25) is 0 Å². The fraction of sp³-hybridized carbons (Fsp3) is 0.500. The van der Waals surface area contributed by atoms with Gasteiger partial charge in [-0.05, 0) is 0 Å². The molecule has 0 aliphatic rings. The van der Waals surface area contributed by atoms with Crippen molar-refractivity contribution in [1.82, 2.24) is 5.32 Å². The first-order chi connectivity index (χ1) is 7.79. The van der Waals surface area contributed by atoms with Crippen LogP contribution in [-0.2, 0) is 9.59 Å². The second kappa shape index (κ2) is 7.49. The lowest BCUT2D eigenvalue weighted by molar-refractivity contribution is -0.175. The average molecular weight is 289 g/mol. The zero-order valence-electron chi connectivity index (χ0n) is 8.49. The van der Waals surface area contributed by atoms with E-state index < -0.39 is 24.1 Å². The molecule has 0 saturated heterocycles. The van der Waals surface area contributed by atoms with Gasteiger partial charge in [0.1, 0.15) is 6.04 Å². The van der Waals surface area contributed by atoms with Gasteiger partial charge in [0.15, 0.2) is 0 Å². The number of hydrogen-bond acceptors (Lipinski definition) is 4. The molecule has 0 spiro atoms. The van der Waals surface area contributed by atoms with E-state index in [1.165, 1.54) is 16.1 Å². The van der Waals surface area contributed by atoms with Crippen LogP contribution in [0, 0.1) is 0 Å². The van der Waals surface area contributed by atoms with Crippen LogP contribution < -0.4 is 5.32 Å². The topological polar surface area (TPSA) is 66.4 Å². The molecule has 9 heteroatoms. The zero-order valence-corrected chi connectivity index (χ0v) is 10.1. The van der Waals surface area contributed by atoms with Crippen LogP contribution in [0.25, 0.3) is 0 Å². The maximum absolute atomic E-state index is 11.9. The van der Waals surface area contributed by atoms with Crippen molar-refractivity contribution in [3.63, 3.8) is 0 Å². The highest BCUT2D eigenvalue weighted by Gasteiger charge is 2.40. The molecule has 0 saturated carbocycles. The fourth-order valence-corrected chi connectivity index (χ4v) is 2.55. The minimum absolute atomic E-state index is 0.157. The van der Waals surface area contributed by atoms with Gasteiger partial charge in [-0.2, -0.15) is 13.2 Å². The SMILES string of the molecule is C=CCSSC[C@H](NC(=O)C(F)(F)F)C(=O)O. The Morgan fingerprint density at radius 3 is 2.41 bits per heavy atom. The second-order valence-corrected chi connectivity index (χ2v) is 5.27. The number of alkyl halides is 3. The first kappa shape index (κ1) is 16.2. The van der Waals surface area contributed by atoms with Crippen molar-refractivity contribution in [1.29, 1.82) is 0 Å². The molecule has 2 N–H and O–H groups in total. The Balaban J connectivity index is 4.21. The molecular weight excluding hydrogens is 279 g/mol. The van der Waals surface area contributed by atoms with Crippen molar-refractivity contribution in [2.75, 3.05) is 11.5 Å². The Morgan fingerprint density at radius 2 is 2.00 bits per heavy atom. The number of carboxylic acid groups (broad SMARTS) is 1. The van der Waals surface area contributed by atoms with E-state index in [-0.39, 0.29) is 5.75 Å². The molecule has 1 atom stereocenters. The van der Waals surface area contributed by atoms with Gasteiger partial charge in [-0.1, -0.05) is 27.7 Å². The van der Waals surface area contributed by atoms with Crippen LogP contribution in [0.1, 0.15) is 0 Å². The van der Waals surface area contributed by atoms with Gasteiger partial charge in [-0.25, -0.2) is 4.79 Å². The molecule has 0 fully saturated rings. The third-order valence-corrected chi connectivity index (χ3v) is 3.69. The maximum Gasteiger partial charge on any atom is 0.471 e. The van der Waals surface area contributed by atoms with Crippen molar-refractivity contribution >= 4 is 33.5 Å². The maximum atomic E-state index is 11.9. The molecule has 0 radical (unpaired) electrons. The summed E-state index contributed by atoms with van der Waals surface area (Å²) in [6, 6.07) is -1.56. The number of carboxylic acids is 1. The highest BCUT2D eigenvalue weighted by Crippen LogP contribution is 2.22. The van der Waals surface area contributed by atoms with Crippen LogP contribution in [-0.4, -0.2) is 40.7 Å². The molecule has 0 aliphatic carbocycles. The lowest BCUT2D eigenvalue weighted by atomic mass is 10.3. The summed E-state index contributed by atoms with van der Waals surface area (Å²) < 4.78 is 35.7. The highest BCUT2D eigenvalue weighted by atomic mass is 33.1. The molecular formula is C8H10F3NO3S2. The quantitative estimate of drug-likeness (QED) is 0.424. The normalized spacial score (nSPS) is 12.9. The third-order valence-electron chi connectivity index (χ3n) is 1.36. The average Bonchev–Trinajstić information content (AvgIpc) is 2.20. The lowest BCUT2D eigenvalue weighted by Gasteiger charge is -2.14. The molecule has 1 amide bonds. The predicted octanol–water partition coefficient (Wildman–Crippen LogP) is 1.69. The van der Waals surface area contributed by atoms with E-state index in [1.54, 1.807) is 6.08 Å². The summed E-state index contributed by atoms with van der Waals surface area (Å²) in [6.07, 6.45) is -3.51. The molecule has 0 aromatic carbocycles. The van der Waals surface area contributed by atoms with Crippen molar-refractivity contribution in [2.45, 2.75) is 12.2 Å². The zero-order chi connectivity index (χ0) is 13.5. The van der Waals surface area contributed by atoms with Crippen LogP contribution in [0.4, 0.5) is 13.2 Å². The standard InChI is InChI=1S/C8H10F3NO3S2/c1-2-3-16-17-4-5(6(13)14)12-7(15)8(9,10)11/h2,5H,1,3-4H2,(H,12,15)(H,13,14)/t5-/m0/s1. The first-order valence-electron chi connectivity index (χ1n) is 4.24. The number of carbonyl (C=O) groups is 2. The number of carbonyl (C=O) groups excluding carboxylic acids is 1. The largest absolute Gasteiger partial charge is 0.480 e. The van der Waals surface area contributed by atoms with E-state index >= 15 is 0 Å². The fourth-order valence-electron chi connectivity index (χ4n) is 0.627. The number of hydrogen-bond donors (Lipinski definition) is 2. The summed E-state index contributed by atoms with van der Waals surface area (Å²) in [5, 5.41) is 10.0. The van der Waals surface area contributed by atoms with Crippen LogP contribution in [0.5, 0.6) is 0 Å². The third kappa shape index (κ3) is 7.16. The molecule has 0 unspecified atom stereocenters. The summed E-state index contributed by atoms with van der Waals surface area (Å²) in [4.78, 5) is 21.1. The van der Waals surface area contributed by atoms with E-state index in [4.69, 9.17) is 5.11 Å². The number of aliphatic carboxylic acids is 1. The summed E-state index contributed by atoms with van der Waals surface area (Å²) in [5.41, 5.74) is 0. The summed E-state index contributed by atoms with van der Waals surface area (Å²) in [5.74, 6) is -3.38. The summed E-state index contributed by atoms with van der Waals surface area (Å²) >= 11 is 0. The molecule has 4 nitrogen and oxygen atoms in total. The lowest BCUT2D eigenvalue weighted by Crippen LogP contribution is -2.48. The Bertz CT molecular complexity index is 296. The Kier molecular flexibility index (Phi) is 7.12. The minimum atomic E-state index is -5.08. The number of halogens is 3. The molecule has 0 aliphatic heterocycles. The predicted molar refractivity (Wildman–Crippen MR) is 60.7 cm³/mol. The van der Waals surface area contributed by atoms with Crippen molar-refractivity contribution in [3.05, 3.63) is 12.7 Å². The Hall–Kier alpha value is -0.830. The molecule has 98 valence electrons. The summed E-state index contributed by atoms with van der Waals surface area (Å²) in [6.45, 7) is 3.42. The smallest absolute Gasteiger partial charge is 0.471 e. The van der Waals surface area contributed by atoms with Gasteiger partial charge in [-0.15, -0.1) is 6.58 Å².